The van der Waals surface area contributed by atoms with Crippen LogP contribution in [0.25, 0.3) is 10.9 Å². The van der Waals surface area contributed by atoms with E-state index in [0.29, 0.717) is 24.1 Å². The summed E-state index contributed by atoms with van der Waals surface area (Å²) in [6.45, 7) is 0.791. The number of hydrogen-bond acceptors (Lipinski definition) is 4. The highest BCUT2D eigenvalue weighted by molar-refractivity contribution is 6.06. The fourth-order valence-corrected chi connectivity index (χ4v) is 3.53. The molecule has 3 aromatic rings. The number of nitrogens with zero attached hydrogens (tertiary/aromatic N) is 3. The van der Waals surface area contributed by atoms with Gasteiger partial charge in [-0.1, -0.05) is 18.2 Å². The van der Waals surface area contributed by atoms with Crippen molar-refractivity contribution in [2.45, 2.75) is 19.5 Å². The third-order valence-corrected chi connectivity index (χ3v) is 4.76. The highest BCUT2D eigenvalue weighted by Crippen LogP contribution is 2.26. The van der Waals surface area contributed by atoms with Gasteiger partial charge in [-0.25, -0.2) is 4.79 Å². The molecule has 1 amide bonds. The van der Waals surface area contributed by atoms with Gasteiger partial charge in [-0.3, -0.25) is 9.48 Å². The summed E-state index contributed by atoms with van der Waals surface area (Å²) in [5, 5.41) is 23.5. The number of aliphatic hydroxyl groups is 1. The average molecular weight is 354 g/mol. The molecule has 0 saturated carbocycles. The molecule has 0 aliphatic carbocycles. The summed E-state index contributed by atoms with van der Waals surface area (Å²) in [6, 6.07) is 7.57. The number of H-pyrrole nitrogens is 1. The molecule has 1 aliphatic rings. The van der Waals surface area contributed by atoms with Crippen LogP contribution in [0.5, 0.6) is 0 Å². The number of rotatable bonds is 4. The van der Waals surface area contributed by atoms with Gasteiger partial charge >= 0.3 is 5.97 Å². The molecule has 3 heterocycles. The monoisotopic (exact) mass is 354 g/mol. The second kappa shape index (κ2) is 6.30. The van der Waals surface area contributed by atoms with Crippen LogP contribution >= 0.6 is 0 Å². The van der Waals surface area contributed by atoms with Crippen molar-refractivity contribution >= 4 is 22.8 Å². The highest BCUT2D eigenvalue weighted by atomic mass is 16.4. The van der Waals surface area contributed by atoms with Crippen molar-refractivity contribution in [3.8, 4) is 0 Å². The number of carbonyl (C=O) groups is 2. The van der Waals surface area contributed by atoms with Gasteiger partial charge in [0.05, 0.1) is 25.3 Å². The van der Waals surface area contributed by atoms with Crippen molar-refractivity contribution in [1.29, 1.82) is 0 Å². The van der Waals surface area contributed by atoms with Crippen molar-refractivity contribution in [2.75, 3.05) is 13.2 Å². The minimum Gasteiger partial charge on any atom is -0.476 e. The van der Waals surface area contributed by atoms with Gasteiger partial charge in [-0.05, 0) is 6.07 Å². The van der Waals surface area contributed by atoms with E-state index in [0.717, 1.165) is 16.6 Å². The van der Waals surface area contributed by atoms with Crippen LogP contribution < -0.4 is 0 Å². The summed E-state index contributed by atoms with van der Waals surface area (Å²) >= 11 is 0. The molecule has 3 N–H and O–H groups in total. The number of para-hydroxylation sites is 1. The molecule has 0 spiro atoms. The minimum absolute atomic E-state index is 0.0510. The third-order valence-electron chi connectivity index (χ3n) is 4.76. The Morgan fingerprint density at radius 2 is 2.08 bits per heavy atom. The van der Waals surface area contributed by atoms with Crippen molar-refractivity contribution < 1.29 is 19.8 Å². The molecule has 0 unspecified atom stereocenters. The summed E-state index contributed by atoms with van der Waals surface area (Å²) in [4.78, 5) is 29.3. The van der Waals surface area contributed by atoms with E-state index in [2.05, 4.69) is 10.1 Å². The Bertz CT molecular complexity index is 1000. The largest absolute Gasteiger partial charge is 0.476 e. The zero-order chi connectivity index (χ0) is 18.3. The fourth-order valence-electron chi connectivity index (χ4n) is 3.53. The molecule has 1 aromatic carbocycles. The molecule has 0 radical (unpaired) electrons. The van der Waals surface area contributed by atoms with Gasteiger partial charge in [0.15, 0.2) is 5.69 Å². The molecular formula is C18H18N4O4. The van der Waals surface area contributed by atoms with Gasteiger partial charge in [0, 0.05) is 41.3 Å². The van der Waals surface area contributed by atoms with Gasteiger partial charge in [0.25, 0.3) is 5.91 Å². The van der Waals surface area contributed by atoms with Crippen LogP contribution in [0.3, 0.4) is 0 Å². The lowest BCUT2D eigenvalue weighted by Gasteiger charge is -2.27. The lowest BCUT2D eigenvalue weighted by Crippen LogP contribution is -2.36. The van der Waals surface area contributed by atoms with Crippen LogP contribution in [-0.2, 0) is 19.5 Å². The number of hydrogen-bond donors (Lipinski definition) is 3. The van der Waals surface area contributed by atoms with Crippen LogP contribution in [0.1, 0.15) is 32.1 Å². The van der Waals surface area contributed by atoms with E-state index in [1.54, 1.807) is 11.1 Å². The molecule has 8 heteroatoms. The van der Waals surface area contributed by atoms with Gasteiger partial charge in [-0.15, -0.1) is 0 Å². The molecule has 26 heavy (non-hydrogen) atoms. The summed E-state index contributed by atoms with van der Waals surface area (Å²) in [5.41, 5.74) is 2.73. The predicted octanol–water partition coefficient (Wildman–Crippen LogP) is 1.25. The SMILES string of the molecule is O=C(O)c1nn(CCO)c2c1CN(C(=O)c1c[nH]c3ccccc13)CC2. The quantitative estimate of drug-likeness (QED) is 0.653. The zero-order valence-corrected chi connectivity index (χ0v) is 14.0. The Morgan fingerprint density at radius 3 is 2.85 bits per heavy atom. The Morgan fingerprint density at radius 1 is 1.27 bits per heavy atom. The van der Waals surface area contributed by atoms with Crippen LogP contribution in [0.2, 0.25) is 0 Å². The van der Waals surface area contributed by atoms with Crippen LogP contribution in [0, 0.1) is 0 Å². The van der Waals surface area contributed by atoms with E-state index < -0.39 is 5.97 Å². The molecule has 0 atom stereocenters. The van der Waals surface area contributed by atoms with Gasteiger partial charge < -0.3 is 20.1 Å². The number of aromatic carboxylic acids is 1. The number of nitrogens with one attached hydrogen (secondary N) is 1. The number of carboxylic acid groups (broad SMARTS) is 1. The number of aromatic nitrogens is 3. The first-order valence-electron chi connectivity index (χ1n) is 8.38. The number of aliphatic hydroxyl groups excluding tert-OH is 1. The Labute approximate surface area is 148 Å². The first-order valence-corrected chi connectivity index (χ1v) is 8.38. The van der Waals surface area contributed by atoms with E-state index >= 15 is 0 Å². The minimum atomic E-state index is -1.13. The number of aromatic amines is 1. The normalized spacial score (nSPS) is 13.8. The molecule has 134 valence electrons. The third kappa shape index (κ3) is 2.55. The molecule has 2 aromatic heterocycles. The van der Waals surface area contributed by atoms with Crippen LogP contribution in [0.4, 0.5) is 0 Å². The lowest BCUT2D eigenvalue weighted by atomic mass is 10.0. The first-order chi connectivity index (χ1) is 12.6. The zero-order valence-electron chi connectivity index (χ0n) is 14.0. The van der Waals surface area contributed by atoms with Crippen molar-refractivity contribution in [1.82, 2.24) is 19.7 Å². The summed E-state index contributed by atoms with van der Waals surface area (Å²) < 4.78 is 1.53. The second-order valence-corrected chi connectivity index (χ2v) is 6.25. The Hall–Kier alpha value is -3.13. The topological polar surface area (TPSA) is 111 Å². The van der Waals surface area contributed by atoms with Crippen LogP contribution in [-0.4, -0.2) is 54.9 Å². The van der Waals surface area contributed by atoms with Gasteiger partial charge in [-0.2, -0.15) is 5.10 Å². The molecule has 0 fully saturated rings. The molecule has 4 rings (SSSR count). The van der Waals surface area contributed by atoms with E-state index in [1.807, 2.05) is 24.3 Å². The number of benzene rings is 1. The summed E-state index contributed by atoms with van der Waals surface area (Å²) in [7, 11) is 0. The highest BCUT2D eigenvalue weighted by Gasteiger charge is 2.30. The maximum atomic E-state index is 13.0. The molecule has 0 bridgehead atoms. The van der Waals surface area contributed by atoms with Crippen molar-refractivity contribution in [2.24, 2.45) is 0 Å². The number of amides is 1. The molecule has 8 nitrogen and oxygen atoms in total. The summed E-state index contributed by atoms with van der Waals surface area (Å²) in [6.07, 6.45) is 2.19. The molecule has 1 aliphatic heterocycles. The predicted molar refractivity (Wildman–Crippen MR) is 93.0 cm³/mol. The molecular weight excluding hydrogens is 336 g/mol. The van der Waals surface area contributed by atoms with E-state index in [1.165, 1.54) is 4.68 Å². The number of carboxylic acids is 1. The average Bonchev–Trinajstić information content (AvgIpc) is 3.23. The standard InChI is InChI=1S/C18H18N4O4/c23-8-7-22-15-5-6-21(10-13(15)16(20-22)18(25)26)17(24)12-9-19-14-4-2-1-3-11(12)14/h1-4,9,19,23H,5-8,10H2,(H,25,26). The smallest absolute Gasteiger partial charge is 0.356 e. The number of carbonyl (C=O) groups excluding carboxylic acids is 1. The van der Waals surface area contributed by atoms with Crippen molar-refractivity contribution in [3.63, 3.8) is 0 Å². The van der Waals surface area contributed by atoms with Gasteiger partial charge in [0.2, 0.25) is 0 Å². The van der Waals surface area contributed by atoms with Gasteiger partial charge in [0.1, 0.15) is 0 Å². The van der Waals surface area contributed by atoms with Crippen molar-refractivity contribution in [3.05, 3.63) is 53.0 Å². The number of fused-ring (bicyclic) bond motifs is 2. The maximum absolute atomic E-state index is 13.0. The Kier molecular flexibility index (Phi) is 3.96. The maximum Gasteiger partial charge on any atom is 0.356 e. The molecule has 0 saturated heterocycles. The van der Waals surface area contributed by atoms with E-state index in [-0.39, 0.29) is 31.3 Å². The first kappa shape index (κ1) is 16.3. The van der Waals surface area contributed by atoms with Crippen LogP contribution in [0.15, 0.2) is 30.5 Å². The fraction of sp³-hybridized carbons (Fsp3) is 0.278. The second-order valence-electron chi connectivity index (χ2n) is 6.25. The van der Waals surface area contributed by atoms with E-state index in [9.17, 15) is 14.7 Å². The summed E-state index contributed by atoms with van der Waals surface area (Å²) in [5.74, 6) is -1.27. The Balaban J connectivity index is 1.68. The van der Waals surface area contributed by atoms with E-state index in [4.69, 9.17) is 5.11 Å². The lowest BCUT2D eigenvalue weighted by molar-refractivity contribution is 0.0674.